The Hall–Kier alpha value is -2.33. The van der Waals surface area contributed by atoms with Crippen molar-refractivity contribution < 1.29 is 4.79 Å². The monoisotopic (exact) mass is 241 g/mol. The van der Waals surface area contributed by atoms with Crippen molar-refractivity contribution in [3.63, 3.8) is 0 Å². The molecule has 0 aromatic heterocycles. The summed E-state index contributed by atoms with van der Waals surface area (Å²) in [6, 6.07) is 16.8. The average molecular weight is 241 g/mol. The molecular weight excluding hydrogens is 226 g/mol. The van der Waals surface area contributed by atoms with Crippen molar-refractivity contribution in [3.8, 4) is 0 Å². The summed E-state index contributed by atoms with van der Waals surface area (Å²) in [6.45, 7) is 0.514. The van der Waals surface area contributed by atoms with Crippen LogP contribution >= 0.6 is 0 Å². The molecule has 2 aromatic carbocycles. The van der Waals surface area contributed by atoms with Gasteiger partial charge in [0.05, 0.1) is 0 Å². The Bertz CT molecular complexity index is 526. The third kappa shape index (κ3) is 3.09. The van der Waals surface area contributed by atoms with Crippen LogP contribution in [0.25, 0.3) is 0 Å². The van der Waals surface area contributed by atoms with Gasteiger partial charge in [0.1, 0.15) is 0 Å². The molecule has 0 aliphatic heterocycles. The summed E-state index contributed by atoms with van der Waals surface area (Å²) in [6.07, 6.45) is 0. The van der Waals surface area contributed by atoms with Gasteiger partial charge in [-0.2, -0.15) is 0 Å². The van der Waals surface area contributed by atoms with Crippen LogP contribution in [0.2, 0.25) is 0 Å². The van der Waals surface area contributed by atoms with Crippen molar-refractivity contribution >= 4 is 11.6 Å². The van der Waals surface area contributed by atoms with E-state index in [9.17, 15) is 4.79 Å². The van der Waals surface area contributed by atoms with Crippen molar-refractivity contribution in [2.75, 3.05) is 5.43 Å². The fourth-order valence-corrected chi connectivity index (χ4v) is 1.63. The van der Waals surface area contributed by atoms with Crippen molar-refractivity contribution in [3.05, 3.63) is 65.7 Å². The molecule has 0 spiro atoms. The van der Waals surface area contributed by atoms with Gasteiger partial charge in [-0.05, 0) is 23.8 Å². The van der Waals surface area contributed by atoms with E-state index in [1.54, 1.807) is 24.3 Å². The molecule has 0 atom stereocenters. The van der Waals surface area contributed by atoms with E-state index in [2.05, 4.69) is 10.7 Å². The van der Waals surface area contributed by atoms with Gasteiger partial charge in [0.25, 0.3) is 5.91 Å². The molecule has 4 heteroatoms. The molecular formula is C14H15N3O. The minimum atomic E-state index is -0.115. The number of benzene rings is 2. The molecule has 0 heterocycles. The van der Waals surface area contributed by atoms with E-state index in [0.717, 1.165) is 5.56 Å². The zero-order valence-corrected chi connectivity index (χ0v) is 9.89. The summed E-state index contributed by atoms with van der Waals surface area (Å²) in [7, 11) is 0. The Kier molecular flexibility index (Phi) is 3.94. The zero-order valence-electron chi connectivity index (χ0n) is 9.89. The highest BCUT2D eigenvalue weighted by molar-refractivity contribution is 5.95. The van der Waals surface area contributed by atoms with Crippen LogP contribution in [-0.2, 0) is 6.54 Å². The van der Waals surface area contributed by atoms with Crippen molar-refractivity contribution in [1.82, 2.24) is 5.32 Å². The lowest BCUT2D eigenvalue weighted by molar-refractivity contribution is 0.0951. The third-order valence-electron chi connectivity index (χ3n) is 2.59. The minimum absolute atomic E-state index is 0.115. The minimum Gasteiger partial charge on any atom is -0.348 e. The molecule has 0 radical (unpaired) electrons. The van der Waals surface area contributed by atoms with E-state index in [1.165, 1.54) is 0 Å². The van der Waals surface area contributed by atoms with Gasteiger partial charge in [0, 0.05) is 17.8 Å². The van der Waals surface area contributed by atoms with Gasteiger partial charge < -0.3 is 10.7 Å². The quantitative estimate of drug-likeness (QED) is 0.565. The number of hydrogen-bond donors (Lipinski definition) is 3. The molecule has 0 saturated carbocycles. The van der Waals surface area contributed by atoms with Crippen LogP contribution in [0.15, 0.2) is 54.6 Å². The van der Waals surface area contributed by atoms with Crippen molar-refractivity contribution in [2.24, 2.45) is 5.84 Å². The summed E-state index contributed by atoms with van der Waals surface area (Å²) in [4.78, 5) is 11.9. The van der Waals surface area contributed by atoms with Gasteiger partial charge in [-0.1, -0.05) is 36.4 Å². The molecule has 4 nitrogen and oxygen atoms in total. The Morgan fingerprint density at radius 3 is 2.56 bits per heavy atom. The van der Waals surface area contributed by atoms with Gasteiger partial charge in [-0.25, -0.2) is 0 Å². The van der Waals surface area contributed by atoms with E-state index >= 15 is 0 Å². The first-order chi connectivity index (χ1) is 8.79. The Morgan fingerprint density at radius 1 is 1.06 bits per heavy atom. The molecule has 4 N–H and O–H groups in total. The number of rotatable bonds is 4. The number of anilines is 1. The van der Waals surface area contributed by atoms with Crippen molar-refractivity contribution in [1.29, 1.82) is 0 Å². The molecule has 0 fully saturated rings. The normalized spacial score (nSPS) is 9.83. The molecule has 0 saturated heterocycles. The molecule has 0 unspecified atom stereocenters. The lowest BCUT2D eigenvalue weighted by atomic mass is 10.1. The first-order valence-corrected chi connectivity index (χ1v) is 5.68. The molecule has 0 aliphatic carbocycles. The zero-order chi connectivity index (χ0) is 12.8. The topological polar surface area (TPSA) is 67.1 Å². The fourth-order valence-electron chi connectivity index (χ4n) is 1.63. The number of nitrogens with two attached hydrogens (primary N) is 1. The smallest absolute Gasteiger partial charge is 0.251 e. The lowest BCUT2D eigenvalue weighted by Crippen LogP contribution is -2.23. The molecule has 1 amide bonds. The summed E-state index contributed by atoms with van der Waals surface area (Å²) in [5.74, 6) is 5.19. The van der Waals surface area contributed by atoms with Gasteiger partial charge in [-0.15, -0.1) is 0 Å². The van der Waals surface area contributed by atoms with Gasteiger partial charge >= 0.3 is 0 Å². The Morgan fingerprint density at radius 2 is 1.83 bits per heavy atom. The molecule has 92 valence electrons. The number of nitrogen functional groups attached to an aromatic ring is 1. The molecule has 18 heavy (non-hydrogen) atoms. The van der Waals surface area contributed by atoms with Crippen LogP contribution in [0.3, 0.4) is 0 Å². The van der Waals surface area contributed by atoms with E-state index in [-0.39, 0.29) is 5.91 Å². The lowest BCUT2D eigenvalue weighted by Gasteiger charge is -2.06. The number of carbonyl (C=O) groups excluding carboxylic acids is 1. The largest absolute Gasteiger partial charge is 0.348 e. The highest BCUT2D eigenvalue weighted by atomic mass is 16.1. The number of carbonyl (C=O) groups is 1. The summed E-state index contributed by atoms with van der Waals surface area (Å²) in [5, 5.41) is 2.86. The van der Waals surface area contributed by atoms with Crippen LogP contribution in [0.1, 0.15) is 15.9 Å². The summed E-state index contributed by atoms with van der Waals surface area (Å²) in [5.41, 5.74) is 4.88. The number of nitrogens with one attached hydrogen (secondary N) is 2. The Labute approximate surface area is 106 Å². The van der Waals surface area contributed by atoms with Crippen LogP contribution in [0.4, 0.5) is 5.69 Å². The first-order valence-electron chi connectivity index (χ1n) is 5.68. The Balaban J connectivity index is 1.99. The maximum Gasteiger partial charge on any atom is 0.251 e. The average Bonchev–Trinajstić information content (AvgIpc) is 2.46. The maximum atomic E-state index is 11.9. The van der Waals surface area contributed by atoms with E-state index in [0.29, 0.717) is 17.8 Å². The summed E-state index contributed by atoms with van der Waals surface area (Å²) < 4.78 is 0. The first kappa shape index (κ1) is 12.1. The van der Waals surface area contributed by atoms with E-state index in [1.807, 2.05) is 30.3 Å². The number of amides is 1. The third-order valence-corrected chi connectivity index (χ3v) is 2.59. The molecule has 0 aliphatic rings. The predicted octanol–water partition coefficient (Wildman–Crippen LogP) is 1.90. The predicted molar refractivity (Wildman–Crippen MR) is 71.9 cm³/mol. The van der Waals surface area contributed by atoms with Gasteiger partial charge in [0.2, 0.25) is 0 Å². The van der Waals surface area contributed by atoms with Gasteiger partial charge in [-0.3, -0.25) is 10.6 Å². The summed E-state index contributed by atoms with van der Waals surface area (Å²) >= 11 is 0. The van der Waals surface area contributed by atoms with Crippen LogP contribution < -0.4 is 16.6 Å². The second-order valence-electron chi connectivity index (χ2n) is 3.89. The van der Waals surface area contributed by atoms with Gasteiger partial charge in [0.15, 0.2) is 0 Å². The second-order valence-corrected chi connectivity index (χ2v) is 3.89. The van der Waals surface area contributed by atoms with E-state index < -0.39 is 0 Å². The SMILES string of the molecule is NNc1cccc(C(=O)NCc2ccccc2)c1. The van der Waals surface area contributed by atoms with Crippen molar-refractivity contribution in [2.45, 2.75) is 6.54 Å². The second kappa shape index (κ2) is 5.84. The number of hydrazine groups is 1. The fraction of sp³-hybridized carbons (Fsp3) is 0.0714. The van der Waals surface area contributed by atoms with Crippen LogP contribution in [0.5, 0.6) is 0 Å². The highest BCUT2D eigenvalue weighted by Gasteiger charge is 2.05. The van der Waals surface area contributed by atoms with Crippen LogP contribution in [0, 0.1) is 0 Å². The number of hydrogen-bond acceptors (Lipinski definition) is 3. The molecule has 2 rings (SSSR count). The highest BCUT2D eigenvalue weighted by Crippen LogP contribution is 2.09. The van der Waals surface area contributed by atoms with E-state index in [4.69, 9.17) is 5.84 Å². The maximum absolute atomic E-state index is 11.9. The molecule has 2 aromatic rings. The standard InChI is InChI=1S/C14H15N3O/c15-17-13-8-4-7-12(9-13)14(18)16-10-11-5-2-1-3-6-11/h1-9,17H,10,15H2,(H,16,18). The van der Waals surface area contributed by atoms with Crippen LogP contribution in [-0.4, -0.2) is 5.91 Å². The molecule has 0 bridgehead atoms.